The zero-order valence-corrected chi connectivity index (χ0v) is 19.6. The maximum atomic E-state index is 11.8. The summed E-state index contributed by atoms with van der Waals surface area (Å²) in [5.41, 5.74) is 2.76. The number of hydrogen-bond donors (Lipinski definition) is 3. The van der Waals surface area contributed by atoms with E-state index in [1.54, 1.807) is 21.3 Å². The molecular formula is C24H34N4O4. The summed E-state index contributed by atoms with van der Waals surface area (Å²) in [6.07, 6.45) is 1.34. The van der Waals surface area contributed by atoms with Gasteiger partial charge in [0.1, 0.15) is 0 Å². The molecule has 1 amide bonds. The summed E-state index contributed by atoms with van der Waals surface area (Å²) in [4.78, 5) is 16.5. The first-order valence-electron chi connectivity index (χ1n) is 10.7. The van der Waals surface area contributed by atoms with Gasteiger partial charge in [-0.1, -0.05) is 19.1 Å². The van der Waals surface area contributed by atoms with Crippen LogP contribution in [0.25, 0.3) is 0 Å². The molecule has 0 radical (unpaired) electrons. The van der Waals surface area contributed by atoms with E-state index in [4.69, 9.17) is 14.2 Å². The van der Waals surface area contributed by atoms with Gasteiger partial charge in [0.15, 0.2) is 17.5 Å². The molecule has 32 heavy (non-hydrogen) atoms. The number of carbonyl (C=O) groups is 1. The number of ether oxygens (including phenoxy) is 3. The Morgan fingerprint density at radius 1 is 0.938 bits per heavy atom. The second-order valence-electron chi connectivity index (χ2n) is 7.08. The first-order valence-corrected chi connectivity index (χ1v) is 10.7. The van der Waals surface area contributed by atoms with Crippen LogP contribution in [0.1, 0.15) is 37.8 Å². The number of carbonyl (C=O) groups excluding carboxylic acids is 1. The average molecular weight is 443 g/mol. The van der Waals surface area contributed by atoms with Crippen molar-refractivity contribution in [2.45, 2.75) is 39.8 Å². The highest BCUT2D eigenvalue weighted by Gasteiger charge is 2.13. The van der Waals surface area contributed by atoms with Crippen molar-refractivity contribution in [2.24, 2.45) is 4.99 Å². The van der Waals surface area contributed by atoms with Crippen LogP contribution in [-0.2, 0) is 17.9 Å². The van der Waals surface area contributed by atoms with Crippen LogP contribution < -0.4 is 30.2 Å². The summed E-state index contributed by atoms with van der Waals surface area (Å²) in [6, 6.07) is 11.6. The molecule has 8 heteroatoms. The Morgan fingerprint density at radius 3 is 2.25 bits per heavy atom. The van der Waals surface area contributed by atoms with Gasteiger partial charge in [0.05, 0.1) is 27.9 Å². The number of aliphatic imine (C=N–C) groups is 1. The van der Waals surface area contributed by atoms with Gasteiger partial charge in [0, 0.05) is 25.2 Å². The van der Waals surface area contributed by atoms with Crippen molar-refractivity contribution in [1.29, 1.82) is 0 Å². The lowest BCUT2D eigenvalue weighted by atomic mass is 10.2. The third kappa shape index (κ3) is 7.37. The Hall–Kier alpha value is -3.42. The van der Waals surface area contributed by atoms with Crippen LogP contribution in [0, 0.1) is 0 Å². The number of methoxy groups -OCH3 is 3. The summed E-state index contributed by atoms with van der Waals surface area (Å²) in [6.45, 7) is 5.73. The van der Waals surface area contributed by atoms with Crippen molar-refractivity contribution in [3.8, 4) is 17.2 Å². The van der Waals surface area contributed by atoms with Crippen LogP contribution >= 0.6 is 0 Å². The molecule has 0 atom stereocenters. The highest BCUT2D eigenvalue weighted by atomic mass is 16.5. The largest absolute Gasteiger partial charge is 0.493 e. The number of benzene rings is 2. The molecule has 0 saturated heterocycles. The zero-order chi connectivity index (χ0) is 23.3. The van der Waals surface area contributed by atoms with E-state index in [0.717, 1.165) is 29.8 Å². The molecule has 174 valence electrons. The fraction of sp³-hybridized carbons (Fsp3) is 0.417. The predicted octanol–water partition coefficient (Wildman–Crippen LogP) is 3.71. The van der Waals surface area contributed by atoms with Gasteiger partial charge in [-0.2, -0.15) is 0 Å². The normalized spacial score (nSPS) is 11.0. The van der Waals surface area contributed by atoms with Crippen LogP contribution in [0.4, 0.5) is 5.69 Å². The van der Waals surface area contributed by atoms with Gasteiger partial charge >= 0.3 is 0 Å². The van der Waals surface area contributed by atoms with E-state index in [-0.39, 0.29) is 5.91 Å². The fourth-order valence-corrected chi connectivity index (χ4v) is 3.13. The second kappa shape index (κ2) is 13.1. The summed E-state index contributed by atoms with van der Waals surface area (Å²) < 4.78 is 16.2. The Morgan fingerprint density at radius 2 is 1.66 bits per heavy atom. The summed E-state index contributed by atoms with van der Waals surface area (Å²) >= 11 is 0. The Kier molecular flexibility index (Phi) is 10.2. The number of guanidine groups is 1. The van der Waals surface area contributed by atoms with E-state index in [1.807, 2.05) is 50.2 Å². The molecule has 0 aliphatic carbocycles. The molecule has 2 rings (SSSR count). The van der Waals surface area contributed by atoms with Gasteiger partial charge in [-0.3, -0.25) is 4.79 Å². The van der Waals surface area contributed by atoms with E-state index >= 15 is 0 Å². The molecule has 0 heterocycles. The molecule has 0 saturated carbocycles. The van der Waals surface area contributed by atoms with Gasteiger partial charge in [-0.15, -0.1) is 0 Å². The summed E-state index contributed by atoms with van der Waals surface area (Å²) in [5.74, 6) is 2.45. The molecule has 0 aliphatic rings. The standard InChI is InChI=1S/C24H34N4O4/c1-6-9-22(29)28-19-11-8-10-17(12-19)15-26-24(25-7-2)27-16-18-13-20(30-3)23(32-5)21(14-18)31-4/h8,10-14H,6-7,9,15-16H2,1-5H3,(H,28,29)(H2,25,26,27). The van der Waals surface area contributed by atoms with Gasteiger partial charge in [0.25, 0.3) is 0 Å². The SMILES string of the molecule is CCCC(=O)Nc1cccc(CNC(=NCc2cc(OC)c(OC)c(OC)c2)NCC)c1. The Labute approximate surface area is 190 Å². The van der Waals surface area contributed by atoms with E-state index in [0.29, 0.717) is 42.7 Å². The topological polar surface area (TPSA) is 93.2 Å². The number of nitrogens with one attached hydrogen (secondary N) is 3. The van der Waals surface area contributed by atoms with Gasteiger partial charge in [-0.05, 0) is 48.7 Å². The monoisotopic (exact) mass is 442 g/mol. The number of amides is 1. The molecule has 0 fully saturated rings. The molecule has 0 aromatic heterocycles. The number of anilines is 1. The average Bonchev–Trinajstić information content (AvgIpc) is 2.80. The van der Waals surface area contributed by atoms with Crippen molar-refractivity contribution in [3.05, 3.63) is 47.5 Å². The van der Waals surface area contributed by atoms with Crippen LogP contribution in [0.15, 0.2) is 41.4 Å². The van der Waals surface area contributed by atoms with Crippen LogP contribution in [0.5, 0.6) is 17.2 Å². The Bertz CT molecular complexity index is 890. The summed E-state index contributed by atoms with van der Waals surface area (Å²) in [5, 5.41) is 9.51. The lowest BCUT2D eigenvalue weighted by molar-refractivity contribution is -0.116. The fourth-order valence-electron chi connectivity index (χ4n) is 3.13. The molecule has 2 aromatic carbocycles. The lowest BCUT2D eigenvalue weighted by Gasteiger charge is -2.15. The van der Waals surface area contributed by atoms with Gasteiger partial charge < -0.3 is 30.2 Å². The van der Waals surface area contributed by atoms with E-state index in [1.165, 1.54) is 0 Å². The Balaban J connectivity index is 2.09. The minimum absolute atomic E-state index is 0.0258. The number of hydrogen-bond acceptors (Lipinski definition) is 5. The molecule has 0 spiro atoms. The lowest BCUT2D eigenvalue weighted by Crippen LogP contribution is -2.36. The van der Waals surface area contributed by atoms with Crippen molar-refractivity contribution in [3.63, 3.8) is 0 Å². The second-order valence-corrected chi connectivity index (χ2v) is 7.08. The third-order valence-corrected chi connectivity index (χ3v) is 4.64. The smallest absolute Gasteiger partial charge is 0.224 e. The molecule has 3 N–H and O–H groups in total. The van der Waals surface area contributed by atoms with E-state index in [2.05, 4.69) is 20.9 Å². The van der Waals surface area contributed by atoms with Gasteiger partial charge in [-0.25, -0.2) is 4.99 Å². The maximum Gasteiger partial charge on any atom is 0.224 e. The highest BCUT2D eigenvalue weighted by molar-refractivity contribution is 5.90. The van der Waals surface area contributed by atoms with Crippen LogP contribution in [0.2, 0.25) is 0 Å². The minimum Gasteiger partial charge on any atom is -0.493 e. The van der Waals surface area contributed by atoms with Gasteiger partial charge in [0.2, 0.25) is 11.7 Å². The highest BCUT2D eigenvalue weighted by Crippen LogP contribution is 2.38. The van der Waals surface area contributed by atoms with Crippen molar-refractivity contribution < 1.29 is 19.0 Å². The molecule has 2 aromatic rings. The first kappa shape index (κ1) is 24.8. The van der Waals surface area contributed by atoms with E-state index in [9.17, 15) is 4.79 Å². The zero-order valence-electron chi connectivity index (χ0n) is 19.6. The molecule has 0 unspecified atom stereocenters. The maximum absolute atomic E-state index is 11.8. The third-order valence-electron chi connectivity index (χ3n) is 4.64. The minimum atomic E-state index is 0.0258. The molecule has 8 nitrogen and oxygen atoms in total. The molecule has 0 bridgehead atoms. The van der Waals surface area contributed by atoms with Crippen LogP contribution in [-0.4, -0.2) is 39.7 Å². The van der Waals surface area contributed by atoms with Crippen molar-refractivity contribution in [2.75, 3.05) is 33.2 Å². The predicted molar refractivity (Wildman–Crippen MR) is 128 cm³/mol. The molecule has 0 aliphatic heterocycles. The number of rotatable bonds is 11. The number of nitrogens with zero attached hydrogens (tertiary/aromatic N) is 1. The molecular weight excluding hydrogens is 408 g/mol. The van der Waals surface area contributed by atoms with Crippen LogP contribution in [0.3, 0.4) is 0 Å². The summed E-state index contributed by atoms with van der Waals surface area (Å²) in [7, 11) is 4.76. The first-order chi connectivity index (χ1) is 15.5. The van der Waals surface area contributed by atoms with Crippen molar-refractivity contribution in [1.82, 2.24) is 10.6 Å². The quantitative estimate of drug-likeness (QED) is 0.363. The van der Waals surface area contributed by atoms with Crippen molar-refractivity contribution >= 4 is 17.6 Å². The van der Waals surface area contributed by atoms with E-state index < -0.39 is 0 Å².